The molecule has 29 heavy (non-hydrogen) atoms. The third-order valence-electron chi connectivity index (χ3n) is 3.73. The van der Waals surface area contributed by atoms with Crippen molar-refractivity contribution < 1.29 is 27.6 Å². The highest BCUT2D eigenvalue weighted by atomic mass is 19.4. The molecule has 3 rings (SSSR count). The zero-order valence-corrected chi connectivity index (χ0v) is 14.8. The van der Waals surface area contributed by atoms with Gasteiger partial charge in [-0.2, -0.15) is 18.3 Å². The standard InChI is InChI=1S/C18H13F3N4O4/c1-10-2-4-13(5-3-10)29-14-7-11(6-12(8-14)25(27)28)22-17(26)15-9-16(24-23-15)18(19,20)21/h2-9H,1H3,(H,22,26)(H,23,24). The summed E-state index contributed by atoms with van der Waals surface area (Å²) in [4.78, 5) is 22.7. The molecule has 0 aliphatic carbocycles. The lowest BCUT2D eigenvalue weighted by Gasteiger charge is -2.09. The van der Waals surface area contributed by atoms with Crippen LogP contribution in [0.5, 0.6) is 11.5 Å². The van der Waals surface area contributed by atoms with E-state index >= 15 is 0 Å². The smallest absolute Gasteiger partial charge is 0.432 e. The van der Waals surface area contributed by atoms with Gasteiger partial charge in [-0.1, -0.05) is 17.7 Å². The molecule has 0 fully saturated rings. The Morgan fingerprint density at radius 3 is 2.41 bits per heavy atom. The Labute approximate surface area is 161 Å². The van der Waals surface area contributed by atoms with Gasteiger partial charge in [0.15, 0.2) is 5.69 Å². The van der Waals surface area contributed by atoms with Crippen LogP contribution in [0.1, 0.15) is 21.7 Å². The molecule has 150 valence electrons. The average molecular weight is 406 g/mol. The summed E-state index contributed by atoms with van der Waals surface area (Å²) in [5.74, 6) is -0.495. The number of nitrogens with zero attached hydrogens (tertiary/aromatic N) is 2. The van der Waals surface area contributed by atoms with Crippen molar-refractivity contribution in [2.24, 2.45) is 0 Å². The van der Waals surface area contributed by atoms with Crippen LogP contribution in [-0.2, 0) is 6.18 Å². The highest BCUT2D eigenvalue weighted by molar-refractivity contribution is 6.03. The quantitative estimate of drug-likeness (QED) is 0.472. The van der Waals surface area contributed by atoms with E-state index in [1.807, 2.05) is 6.92 Å². The van der Waals surface area contributed by atoms with Crippen molar-refractivity contribution in [1.29, 1.82) is 0 Å². The summed E-state index contributed by atoms with van der Waals surface area (Å²) in [5.41, 5.74) is -1.14. The molecule has 0 saturated carbocycles. The molecule has 3 aromatic rings. The van der Waals surface area contributed by atoms with Crippen LogP contribution in [0.3, 0.4) is 0 Å². The van der Waals surface area contributed by atoms with E-state index in [1.165, 1.54) is 6.07 Å². The number of ether oxygens (including phenoxy) is 1. The van der Waals surface area contributed by atoms with Gasteiger partial charge in [0.25, 0.3) is 11.6 Å². The second kappa shape index (κ2) is 7.62. The SMILES string of the molecule is Cc1ccc(Oc2cc(NC(=O)c3cc(C(F)(F)F)[nH]n3)cc([N+](=O)[O-])c2)cc1. The molecule has 1 amide bonds. The Hall–Kier alpha value is -3.89. The third kappa shape index (κ3) is 4.89. The van der Waals surface area contributed by atoms with Gasteiger partial charge in [-0.3, -0.25) is 20.0 Å². The molecule has 0 spiro atoms. The van der Waals surface area contributed by atoms with E-state index in [4.69, 9.17) is 4.74 Å². The summed E-state index contributed by atoms with van der Waals surface area (Å²) in [6.07, 6.45) is -4.69. The molecule has 0 aliphatic heterocycles. The number of hydrogen-bond donors (Lipinski definition) is 2. The van der Waals surface area contributed by atoms with E-state index in [0.717, 1.165) is 17.7 Å². The van der Waals surface area contributed by atoms with Crippen LogP contribution in [0, 0.1) is 17.0 Å². The average Bonchev–Trinajstić information content (AvgIpc) is 3.14. The number of hydrogen-bond acceptors (Lipinski definition) is 5. The van der Waals surface area contributed by atoms with Crippen molar-refractivity contribution in [3.8, 4) is 11.5 Å². The maximum Gasteiger partial charge on any atom is 0.432 e. The van der Waals surface area contributed by atoms with Crippen LogP contribution in [0.4, 0.5) is 24.5 Å². The number of non-ortho nitro benzene ring substituents is 1. The number of nitro benzene ring substituents is 1. The van der Waals surface area contributed by atoms with Gasteiger partial charge in [-0.15, -0.1) is 0 Å². The molecule has 11 heteroatoms. The lowest BCUT2D eigenvalue weighted by Crippen LogP contribution is -2.12. The van der Waals surface area contributed by atoms with E-state index < -0.39 is 28.4 Å². The van der Waals surface area contributed by atoms with Crippen molar-refractivity contribution in [3.63, 3.8) is 0 Å². The molecule has 8 nitrogen and oxygen atoms in total. The van der Waals surface area contributed by atoms with E-state index in [0.29, 0.717) is 11.8 Å². The Morgan fingerprint density at radius 1 is 1.14 bits per heavy atom. The van der Waals surface area contributed by atoms with Gasteiger partial charge in [0, 0.05) is 18.2 Å². The molecular weight excluding hydrogens is 393 g/mol. The van der Waals surface area contributed by atoms with Crippen molar-refractivity contribution in [2.45, 2.75) is 13.1 Å². The molecule has 0 atom stereocenters. The van der Waals surface area contributed by atoms with Crippen LogP contribution in [-0.4, -0.2) is 21.0 Å². The first kappa shape index (κ1) is 19.9. The highest BCUT2D eigenvalue weighted by Gasteiger charge is 2.33. The first-order valence-electron chi connectivity index (χ1n) is 8.10. The van der Waals surface area contributed by atoms with Crippen molar-refractivity contribution >= 4 is 17.3 Å². The monoisotopic (exact) mass is 406 g/mol. The molecule has 2 N–H and O–H groups in total. The first-order chi connectivity index (χ1) is 13.6. The summed E-state index contributed by atoms with van der Waals surface area (Å²) in [7, 11) is 0. The van der Waals surface area contributed by atoms with Crippen LogP contribution >= 0.6 is 0 Å². The van der Waals surface area contributed by atoms with Crippen molar-refractivity contribution in [3.05, 3.63) is 75.6 Å². The maximum atomic E-state index is 12.6. The number of benzene rings is 2. The number of halogens is 3. The zero-order valence-electron chi connectivity index (χ0n) is 14.8. The van der Waals surface area contributed by atoms with Gasteiger partial charge in [-0.25, -0.2) is 0 Å². The summed E-state index contributed by atoms with van der Waals surface area (Å²) in [6.45, 7) is 1.88. The zero-order chi connectivity index (χ0) is 21.2. The second-order valence-electron chi connectivity index (χ2n) is 6.01. The Balaban J connectivity index is 1.85. The Kier molecular flexibility index (Phi) is 5.22. The van der Waals surface area contributed by atoms with Gasteiger partial charge in [0.05, 0.1) is 16.7 Å². The van der Waals surface area contributed by atoms with Gasteiger partial charge < -0.3 is 10.1 Å². The number of rotatable bonds is 5. The minimum atomic E-state index is -4.69. The number of aromatic nitrogens is 2. The third-order valence-corrected chi connectivity index (χ3v) is 3.73. The normalized spacial score (nSPS) is 11.2. The fourth-order valence-electron chi connectivity index (χ4n) is 2.34. The molecule has 2 aromatic carbocycles. The lowest BCUT2D eigenvalue weighted by molar-refractivity contribution is -0.384. The van der Waals surface area contributed by atoms with Gasteiger partial charge in [-0.05, 0) is 19.1 Å². The van der Waals surface area contributed by atoms with E-state index in [1.54, 1.807) is 29.4 Å². The Bertz CT molecular complexity index is 1060. The number of nitro groups is 1. The molecule has 0 radical (unpaired) electrons. The fourth-order valence-corrected chi connectivity index (χ4v) is 2.34. The first-order valence-corrected chi connectivity index (χ1v) is 8.10. The van der Waals surface area contributed by atoms with Crippen LogP contribution in [0.2, 0.25) is 0 Å². The molecule has 1 heterocycles. The van der Waals surface area contributed by atoms with Gasteiger partial charge >= 0.3 is 6.18 Å². The molecule has 1 aromatic heterocycles. The summed E-state index contributed by atoms with van der Waals surface area (Å²) in [5, 5.41) is 18.5. The molecular formula is C18H13F3N4O4. The topological polar surface area (TPSA) is 110 Å². The number of aromatic amines is 1. The maximum absolute atomic E-state index is 12.6. The largest absolute Gasteiger partial charge is 0.457 e. The Morgan fingerprint density at radius 2 is 1.83 bits per heavy atom. The lowest BCUT2D eigenvalue weighted by atomic mass is 10.2. The second-order valence-corrected chi connectivity index (χ2v) is 6.01. The number of amides is 1. The molecule has 0 unspecified atom stereocenters. The van der Waals surface area contributed by atoms with Gasteiger partial charge in [0.1, 0.15) is 17.2 Å². The summed E-state index contributed by atoms with van der Waals surface area (Å²) < 4.78 is 43.4. The van der Waals surface area contributed by atoms with Crippen molar-refractivity contribution in [2.75, 3.05) is 5.32 Å². The van der Waals surface area contributed by atoms with Crippen LogP contribution in [0.15, 0.2) is 48.5 Å². The number of nitrogens with one attached hydrogen (secondary N) is 2. The number of carbonyl (C=O) groups is 1. The van der Waals surface area contributed by atoms with E-state index in [2.05, 4.69) is 10.4 Å². The summed E-state index contributed by atoms with van der Waals surface area (Å²) in [6, 6.07) is 10.9. The molecule has 0 bridgehead atoms. The van der Waals surface area contributed by atoms with Crippen molar-refractivity contribution in [1.82, 2.24) is 10.2 Å². The van der Waals surface area contributed by atoms with Crippen LogP contribution < -0.4 is 10.1 Å². The number of alkyl halides is 3. The minimum absolute atomic E-state index is 0.0390. The number of carbonyl (C=O) groups excluding carboxylic acids is 1. The number of anilines is 1. The van der Waals surface area contributed by atoms with E-state index in [-0.39, 0.29) is 17.1 Å². The highest BCUT2D eigenvalue weighted by Crippen LogP contribution is 2.31. The predicted octanol–water partition coefficient (Wildman–Crippen LogP) is 4.69. The molecule has 0 saturated heterocycles. The summed E-state index contributed by atoms with van der Waals surface area (Å²) >= 11 is 0. The van der Waals surface area contributed by atoms with E-state index in [9.17, 15) is 28.1 Å². The minimum Gasteiger partial charge on any atom is -0.457 e. The number of H-pyrrole nitrogens is 1. The number of aryl methyl sites for hydroxylation is 1. The van der Waals surface area contributed by atoms with Gasteiger partial charge in [0.2, 0.25) is 0 Å². The molecule has 0 aliphatic rings. The predicted molar refractivity (Wildman–Crippen MR) is 95.9 cm³/mol. The van der Waals surface area contributed by atoms with Crippen LogP contribution in [0.25, 0.3) is 0 Å². The fraction of sp³-hybridized carbons (Fsp3) is 0.111.